The molecule has 0 fully saturated rings. The molecule has 0 unspecified atom stereocenters. The van der Waals surface area contributed by atoms with Crippen molar-refractivity contribution in [3.05, 3.63) is 40.7 Å². The molecule has 1 aromatic heterocycles. The summed E-state index contributed by atoms with van der Waals surface area (Å²) in [5.74, 6) is 0.0292. The molecule has 2 aromatic rings. The van der Waals surface area contributed by atoms with Gasteiger partial charge in [0.05, 0.1) is 5.69 Å². The van der Waals surface area contributed by atoms with Gasteiger partial charge in [-0.15, -0.1) is 0 Å². The van der Waals surface area contributed by atoms with Crippen LogP contribution >= 0.6 is 11.6 Å². The Balaban J connectivity index is 1.68. The van der Waals surface area contributed by atoms with E-state index in [1.165, 1.54) is 4.90 Å². The number of ether oxygens (including phenoxy) is 1. The van der Waals surface area contributed by atoms with Crippen molar-refractivity contribution in [2.45, 2.75) is 13.8 Å². The molecule has 0 radical (unpaired) electrons. The molecule has 1 aliphatic heterocycles. The number of amides is 2. The fraction of sp³-hybridized carbons (Fsp3) is 0.250. The molecule has 9 heteroatoms. The number of nitrogens with zero attached hydrogens (tertiary/aromatic N) is 3. The summed E-state index contributed by atoms with van der Waals surface area (Å²) in [6.07, 6.45) is 0. The Labute approximate surface area is 149 Å². The van der Waals surface area contributed by atoms with Crippen molar-refractivity contribution in [2.75, 3.05) is 23.5 Å². The number of aryl methyl sites for hydroxylation is 2. The van der Waals surface area contributed by atoms with Gasteiger partial charge in [-0.25, -0.2) is 9.97 Å². The van der Waals surface area contributed by atoms with Crippen LogP contribution < -0.4 is 20.5 Å². The average Bonchev–Trinajstić information content (AvgIpc) is 2.55. The standard InChI is InChI=1S/C16H16ClN5O3/c1-9-5-10(2)19-16(18-9)21-20-14(23)7-22-12-6-11(17)3-4-13(12)25-8-15(22)24/h3-6H,7-8H2,1-2H3,(H,20,23)(H,18,19,21). The predicted molar refractivity (Wildman–Crippen MR) is 92.6 cm³/mol. The minimum atomic E-state index is -0.427. The summed E-state index contributed by atoms with van der Waals surface area (Å²) >= 11 is 5.97. The molecule has 0 atom stereocenters. The number of halogens is 1. The average molecular weight is 362 g/mol. The highest BCUT2D eigenvalue weighted by atomic mass is 35.5. The number of anilines is 2. The molecule has 0 saturated carbocycles. The molecule has 0 saturated heterocycles. The second kappa shape index (κ2) is 6.94. The van der Waals surface area contributed by atoms with Gasteiger partial charge in [0, 0.05) is 16.4 Å². The first kappa shape index (κ1) is 17.0. The molecule has 0 aliphatic carbocycles. The molecule has 1 aromatic carbocycles. The number of carbonyl (C=O) groups is 2. The van der Waals surface area contributed by atoms with Crippen LogP contribution in [-0.4, -0.2) is 34.9 Å². The lowest BCUT2D eigenvalue weighted by atomic mass is 10.2. The van der Waals surface area contributed by atoms with E-state index in [1.807, 2.05) is 19.9 Å². The molecule has 3 rings (SSSR count). The Hall–Kier alpha value is -2.87. The molecule has 0 spiro atoms. The minimum Gasteiger partial charge on any atom is -0.482 e. The van der Waals surface area contributed by atoms with Crippen LogP contribution in [0.4, 0.5) is 11.6 Å². The summed E-state index contributed by atoms with van der Waals surface area (Å²) in [5.41, 5.74) is 7.14. The maximum Gasteiger partial charge on any atom is 0.265 e. The van der Waals surface area contributed by atoms with E-state index in [-0.39, 0.29) is 25.0 Å². The molecule has 2 amide bonds. The zero-order chi connectivity index (χ0) is 18.0. The maximum atomic E-state index is 12.2. The zero-order valence-corrected chi connectivity index (χ0v) is 14.4. The lowest BCUT2D eigenvalue weighted by Crippen LogP contribution is -2.46. The van der Waals surface area contributed by atoms with Crippen LogP contribution in [0.5, 0.6) is 5.75 Å². The van der Waals surface area contributed by atoms with Crippen LogP contribution in [0.1, 0.15) is 11.4 Å². The van der Waals surface area contributed by atoms with Gasteiger partial charge in [-0.3, -0.25) is 25.3 Å². The van der Waals surface area contributed by atoms with Crippen LogP contribution in [-0.2, 0) is 9.59 Å². The topological polar surface area (TPSA) is 96.5 Å². The number of fused-ring (bicyclic) bond motifs is 1. The molecule has 2 heterocycles. The van der Waals surface area contributed by atoms with E-state index >= 15 is 0 Å². The number of aromatic nitrogens is 2. The molecule has 0 bridgehead atoms. The number of nitrogens with one attached hydrogen (secondary N) is 2. The number of carbonyl (C=O) groups excluding carboxylic acids is 2. The highest BCUT2D eigenvalue weighted by Gasteiger charge is 2.27. The van der Waals surface area contributed by atoms with Gasteiger partial charge < -0.3 is 4.74 Å². The number of benzene rings is 1. The van der Waals surface area contributed by atoms with Gasteiger partial charge in [-0.1, -0.05) is 11.6 Å². The maximum absolute atomic E-state index is 12.2. The third-order valence-electron chi connectivity index (χ3n) is 3.46. The zero-order valence-electron chi connectivity index (χ0n) is 13.7. The van der Waals surface area contributed by atoms with E-state index < -0.39 is 5.91 Å². The Kier molecular flexibility index (Phi) is 4.71. The van der Waals surface area contributed by atoms with Crippen molar-refractivity contribution < 1.29 is 14.3 Å². The smallest absolute Gasteiger partial charge is 0.265 e. The molecule has 25 heavy (non-hydrogen) atoms. The second-order valence-corrected chi connectivity index (χ2v) is 5.96. The van der Waals surface area contributed by atoms with Gasteiger partial charge in [-0.05, 0) is 38.1 Å². The van der Waals surface area contributed by atoms with Crippen molar-refractivity contribution in [1.82, 2.24) is 15.4 Å². The van der Waals surface area contributed by atoms with Gasteiger partial charge in [0.25, 0.3) is 11.8 Å². The van der Waals surface area contributed by atoms with E-state index in [4.69, 9.17) is 16.3 Å². The Morgan fingerprint density at radius 3 is 2.72 bits per heavy atom. The summed E-state index contributed by atoms with van der Waals surface area (Å²) in [6, 6.07) is 6.73. The van der Waals surface area contributed by atoms with Crippen LogP contribution in [0.15, 0.2) is 24.3 Å². The number of rotatable bonds is 4. The van der Waals surface area contributed by atoms with Gasteiger partial charge in [-0.2, -0.15) is 0 Å². The molecule has 2 N–H and O–H groups in total. The van der Waals surface area contributed by atoms with Crippen LogP contribution in [0.2, 0.25) is 5.02 Å². The lowest BCUT2D eigenvalue weighted by molar-refractivity contribution is -0.125. The van der Waals surface area contributed by atoms with E-state index in [1.54, 1.807) is 18.2 Å². The second-order valence-electron chi connectivity index (χ2n) is 5.53. The number of hydrogen-bond donors (Lipinski definition) is 2. The number of hydrogen-bond acceptors (Lipinski definition) is 6. The molecule has 1 aliphatic rings. The first-order valence-electron chi connectivity index (χ1n) is 7.52. The van der Waals surface area contributed by atoms with Crippen molar-refractivity contribution in [3.8, 4) is 5.75 Å². The highest BCUT2D eigenvalue weighted by Crippen LogP contribution is 2.34. The summed E-state index contributed by atoms with van der Waals surface area (Å²) in [5, 5.41) is 0.448. The normalized spacial score (nSPS) is 13.1. The third-order valence-corrected chi connectivity index (χ3v) is 3.70. The summed E-state index contributed by atoms with van der Waals surface area (Å²) in [4.78, 5) is 33.9. The Bertz CT molecular complexity index is 822. The van der Waals surface area contributed by atoms with Crippen molar-refractivity contribution >= 4 is 35.1 Å². The van der Waals surface area contributed by atoms with Crippen molar-refractivity contribution in [1.29, 1.82) is 0 Å². The molecule has 8 nitrogen and oxygen atoms in total. The largest absolute Gasteiger partial charge is 0.482 e. The molecular weight excluding hydrogens is 346 g/mol. The quantitative estimate of drug-likeness (QED) is 0.803. The fourth-order valence-corrected chi connectivity index (χ4v) is 2.61. The van der Waals surface area contributed by atoms with E-state index in [9.17, 15) is 9.59 Å². The lowest BCUT2D eigenvalue weighted by Gasteiger charge is -2.28. The highest BCUT2D eigenvalue weighted by molar-refractivity contribution is 6.31. The van der Waals surface area contributed by atoms with Crippen LogP contribution in [0, 0.1) is 13.8 Å². The molecule has 130 valence electrons. The fourth-order valence-electron chi connectivity index (χ4n) is 2.44. The minimum absolute atomic E-state index is 0.129. The van der Waals surface area contributed by atoms with Crippen LogP contribution in [0.3, 0.4) is 0 Å². The Morgan fingerprint density at radius 1 is 1.28 bits per heavy atom. The monoisotopic (exact) mass is 361 g/mol. The Morgan fingerprint density at radius 2 is 2.00 bits per heavy atom. The van der Waals surface area contributed by atoms with E-state index in [0.29, 0.717) is 16.5 Å². The third kappa shape index (κ3) is 3.97. The van der Waals surface area contributed by atoms with E-state index in [2.05, 4.69) is 20.8 Å². The van der Waals surface area contributed by atoms with E-state index in [0.717, 1.165) is 11.4 Å². The molecular formula is C16H16ClN5O3. The number of hydrazine groups is 1. The summed E-state index contributed by atoms with van der Waals surface area (Å²) in [6.45, 7) is 3.34. The van der Waals surface area contributed by atoms with Crippen LogP contribution in [0.25, 0.3) is 0 Å². The van der Waals surface area contributed by atoms with Gasteiger partial charge in [0.1, 0.15) is 12.3 Å². The summed E-state index contributed by atoms with van der Waals surface area (Å²) < 4.78 is 5.34. The first-order chi connectivity index (χ1) is 11.9. The predicted octanol–water partition coefficient (Wildman–Crippen LogP) is 1.62. The van der Waals surface area contributed by atoms with Crippen molar-refractivity contribution in [3.63, 3.8) is 0 Å². The summed E-state index contributed by atoms with van der Waals surface area (Å²) in [7, 11) is 0. The SMILES string of the molecule is Cc1cc(C)nc(NNC(=O)CN2C(=O)COc3ccc(Cl)cc32)n1. The first-order valence-corrected chi connectivity index (χ1v) is 7.90. The van der Waals surface area contributed by atoms with Gasteiger partial charge >= 0.3 is 0 Å². The van der Waals surface area contributed by atoms with Gasteiger partial charge in [0.15, 0.2) is 6.61 Å². The van der Waals surface area contributed by atoms with Gasteiger partial charge in [0.2, 0.25) is 5.95 Å². The van der Waals surface area contributed by atoms with Crippen molar-refractivity contribution in [2.24, 2.45) is 0 Å².